The first-order valence-electron chi connectivity index (χ1n) is 12.1. The lowest BCUT2D eigenvalue weighted by Gasteiger charge is -2.32. The molecule has 7 nitrogen and oxygen atoms in total. The van der Waals surface area contributed by atoms with Gasteiger partial charge in [0.15, 0.2) is 0 Å². The van der Waals surface area contributed by atoms with Crippen LogP contribution in [0.2, 0.25) is 0 Å². The summed E-state index contributed by atoms with van der Waals surface area (Å²) in [4.78, 5) is 28.2. The second kappa shape index (κ2) is 12.9. The average molecular weight is 587 g/mol. The van der Waals surface area contributed by atoms with E-state index < -0.39 is 28.5 Å². The van der Waals surface area contributed by atoms with Gasteiger partial charge in [-0.25, -0.2) is 8.42 Å². The standard InChI is InChI=1S/C28H32BrN3O4S/c1-4-17-30-28(34)22(3)31(19-23-13-15-24(29)16-14-23)27(33)20-32(25-10-8-9-21(2)18-25)37(35,36)26-11-6-5-7-12-26/h5-16,18,22H,4,17,19-20H2,1-3H3,(H,30,34)/t22-/m1/s1. The van der Waals surface area contributed by atoms with Gasteiger partial charge in [0.25, 0.3) is 10.0 Å². The lowest BCUT2D eigenvalue weighted by atomic mass is 10.1. The molecule has 0 spiro atoms. The van der Waals surface area contributed by atoms with Crippen LogP contribution in [-0.4, -0.2) is 44.3 Å². The van der Waals surface area contributed by atoms with Gasteiger partial charge in [-0.15, -0.1) is 0 Å². The maximum atomic E-state index is 13.8. The number of hydrogen-bond acceptors (Lipinski definition) is 4. The van der Waals surface area contributed by atoms with Crippen LogP contribution in [0.1, 0.15) is 31.4 Å². The van der Waals surface area contributed by atoms with E-state index in [4.69, 9.17) is 0 Å². The quantitative estimate of drug-likeness (QED) is 0.347. The van der Waals surface area contributed by atoms with E-state index in [-0.39, 0.29) is 17.3 Å². The minimum absolute atomic E-state index is 0.0810. The Morgan fingerprint density at radius 1 is 0.973 bits per heavy atom. The van der Waals surface area contributed by atoms with Crippen LogP contribution in [0.5, 0.6) is 0 Å². The van der Waals surface area contributed by atoms with Gasteiger partial charge in [0.2, 0.25) is 11.8 Å². The zero-order chi connectivity index (χ0) is 27.0. The Morgan fingerprint density at radius 2 is 1.65 bits per heavy atom. The van der Waals surface area contributed by atoms with Crippen molar-refractivity contribution in [3.63, 3.8) is 0 Å². The highest BCUT2D eigenvalue weighted by Gasteiger charge is 2.32. The number of nitrogens with zero attached hydrogens (tertiary/aromatic N) is 2. The topological polar surface area (TPSA) is 86.8 Å². The molecule has 0 aliphatic carbocycles. The first kappa shape index (κ1) is 28.4. The number of benzene rings is 3. The molecule has 0 heterocycles. The third-order valence-electron chi connectivity index (χ3n) is 5.88. The summed E-state index contributed by atoms with van der Waals surface area (Å²) in [6, 6.07) is 21.7. The number of amides is 2. The highest BCUT2D eigenvalue weighted by Crippen LogP contribution is 2.25. The molecule has 0 aromatic heterocycles. The van der Waals surface area contributed by atoms with Gasteiger partial charge in [-0.1, -0.05) is 65.3 Å². The monoisotopic (exact) mass is 585 g/mol. The summed E-state index contributed by atoms with van der Waals surface area (Å²) in [5, 5.41) is 2.84. The third kappa shape index (κ3) is 7.42. The molecule has 0 saturated carbocycles. The van der Waals surface area contributed by atoms with Crippen molar-refractivity contribution in [2.45, 2.75) is 44.7 Å². The SMILES string of the molecule is CCCNC(=O)[C@@H](C)N(Cc1ccc(Br)cc1)C(=O)CN(c1cccc(C)c1)S(=O)(=O)c1ccccc1. The second-order valence-electron chi connectivity index (χ2n) is 8.78. The molecule has 1 atom stereocenters. The van der Waals surface area contributed by atoms with Crippen LogP contribution in [0.15, 0.2) is 88.2 Å². The van der Waals surface area contributed by atoms with Gasteiger partial charge in [0.1, 0.15) is 12.6 Å². The maximum absolute atomic E-state index is 13.8. The molecule has 37 heavy (non-hydrogen) atoms. The van der Waals surface area contributed by atoms with Crippen molar-refractivity contribution in [2.75, 3.05) is 17.4 Å². The molecule has 0 aliphatic heterocycles. The van der Waals surface area contributed by atoms with Crippen molar-refractivity contribution in [1.82, 2.24) is 10.2 Å². The number of carbonyl (C=O) groups excluding carboxylic acids is 2. The summed E-state index contributed by atoms with van der Waals surface area (Å²) in [6.45, 7) is 5.65. The Hall–Kier alpha value is -3.17. The van der Waals surface area contributed by atoms with Gasteiger partial charge in [-0.2, -0.15) is 0 Å². The number of hydrogen-bond donors (Lipinski definition) is 1. The Bertz CT molecular complexity index is 1310. The van der Waals surface area contributed by atoms with Crippen LogP contribution < -0.4 is 9.62 Å². The number of halogens is 1. The molecule has 0 aliphatic rings. The molecule has 3 aromatic rings. The fourth-order valence-electron chi connectivity index (χ4n) is 3.80. The molecule has 0 radical (unpaired) electrons. The number of rotatable bonds is 11. The highest BCUT2D eigenvalue weighted by molar-refractivity contribution is 9.10. The molecule has 0 bridgehead atoms. The Labute approximate surface area is 227 Å². The number of sulfonamides is 1. The summed E-state index contributed by atoms with van der Waals surface area (Å²) in [6.07, 6.45) is 0.759. The first-order chi connectivity index (χ1) is 17.6. The van der Waals surface area contributed by atoms with E-state index in [1.54, 1.807) is 43.3 Å². The predicted molar refractivity (Wildman–Crippen MR) is 150 cm³/mol. The predicted octanol–water partition coefficient (Wildman–Crippen LogP) is 4.90. The smallest absolute Gasteiger partial charge is 0.264 e. The average Bonchev–Trinajstić information content (AvgIpc) is 2.89. The van der Waals surface area contributed by atoms with Crippen LogP contribution in [-0.2, 0) is 26.2 Å². The van der Waals surface area contributed by atoms with Gasteiger partial charge < -0.3 is 10.2 Å². The summed E-state index contributed by atoms with van der Waals surface area (Å²) >= 11 is 3.41. The Morgan fingerprint density at radius 3 is 2.27 bits per heavy atom. The van der Waals surface area contributed by atoms with Crippen molar-refractivity contribution in [1.29, 1.82) is 0 Å². The molecule has 0 unspecified atom stereocenters. The highest BCUT2D eigenvalue weighted by atomic mass is 79.9. The van der Waals surface area contributed by atoms with Crippen LogP contribution in [0.3, 0.4) is 0 Å². The number of aryl methyl sites for hydroxylation is 1. The number of anilines is 1. The number of nitrogens with one attached hydrogen (secondary N) is 1. The third-order valence-corrected chi connectivity index (χ3v) is 8.20. The molecular weight excluding hydrogens is 554 g/mol. The van der Waals surface area contributed by atoms with Crippen molar-refractivity contribution in [3.8, 4) is 0 Å². The fraction of sp³-hybridized carbons (Fsp3) is 0.286. The zero-order valence-electron chi connectivity index (χ0n) is 21.2. The van der Waals surface area contributed by atoms with E-state index in [0.717, 1.165) is 26.3 Å². The lowest BCUT2D eigenvalue weighted by Crippen LogP contribution is -2.51. The minimum Gasteiger partial charge on any atom is -0.354 e. The zero-order valence-corrected chi connectivity index (χ0v) is 23.6. The molecular formula is C28H32BrN3O4S. The summed E-state index contributed by atoms with van der Waals surface area (Å²) < 4.78 is 29.4. The molecule has 196 valence electrons. The van der Waals surface area contributed by atoms with E-state index in [2.05, 4.69) is 21.2 Å². The van der Waals surface area contributed by atoms with Gasteiger partial charge in [0, 0.05) is 17.6 Å². The molecule has 3 aromatic carbocycles. The largest absolute Gasteiger partial charge is 0.354 e. The van der Waals surface area contributed by atoms with E-state index in [1.165, 1.54) is 17.0 Å². The van der Waals surface area contributed by atoms with Crippen molar-refractivity contribution >= 4 is 43.5 Å². The van der Waals surface area contributed by atoms with Crippen molar-refractivity contribution in [3.05, 3.63) is 94.5 Å². The summed E-state index contributed by atoms with van der Waals surface area (Å²) in [5.74, 6) is -0.775. The van der Waals surface area contributed by atoms with E-state index in [9.17, 15) is 18.0 Å². The number of carbonyl (C=O) groups is 2. The van der Waals surface area contributed by atoms with E-state index in [0.29, 0.717) is 12.2 Å². The van der Waals surface area contributed by atoms with Crippen LogP contribution in [0.4, 0.5) is 5.69 Å². The van der Waals surface area contributed by atoms with Crippen LogP contribution in [0.25, 0.3) is 0 Å². The minimum atomic E-state index is -4.06. The molecule has 9 heteroatoms. The van der Waals surface area contributed by atoms with Crippen LogP contribution >= 0.6 is 15.9 Å². The van der Waals surface area contributed by atoms with E-state index in [1.807, 2.05) is 44.2 Å². The van der Waals surface area contributed by atoms with Crippen LogP contribution in [0, 0.1) is 6.92 Å². The second-order valence-corrected chi connectivity index (χ2v) is 11.6. The molecule has 3 rings (SSSR count). The van der Waals surface area contributed by atoms with Gasteiger partial charge in [-0.3, -0.25) is 13.9 Å². The summed E-state index contributed by atoms with van der Waals surface area (Å²) in [5.41, 5.74) is 2.06. The molecule has 1 N–H and O–H groups in total. The van der Waals surface area contributed by atoms with Gasteiger partial charge in [-0.05, 0) is 67.8 Å². The fourth-order valence-corrected chi connectivity index (χ4v) is 5.49. The first-order valence-corrected chi connectivity index (χ1v) is 14.3. The van der Waals surface area contributed by atoms with E-state index >= 15 is 0 Å². The molecule has 0 saturated heterocycles. The Balaban J connectivity index is 2.00. The van der Waals surface area contributed by atoms with Crippen molar-refractivity contribution in [2.24, 2.45) is 0 Å². The lowest BCUT2D eigenvalue weighted by molar-refractivity contribution is -0.139. The van der Waals surface area contributed by atoms with Gasteiger partial charge in [0.05, 0.1) is 10.6 Å². The Kier molecular flexibility index (Phi) is 9.88. The molecule has 2 amide bonds. The normalized spacial score (nSPS) is 12.0. The van der Waals surface area contributed by atoms with Crippen molar-refractivity contribution < 1.29 is 18.0 Å². The maximum Gasteiger partial charge on any atom is 0.264 e. The molecule has 0 fully saturated rings. The van der Waals surface area contributed by atoms with Gasteiger partial charge >= 0.3 is 0 Å². The summed E-state index contributed by atoms with van der Waals surface area (Å²) in [7, 11) is -4.06.